The number of likely N-dealkylation sites (tertiary alicyclic amines) is 1. The third-order valence-corrected chi connectivity index (χ3v) is 4.60. The van der Waals surface area contributed by atoms with Crippen molar-refractivity contribution < 1.29 is 0 Å². The van der Waals surface area contributed by atoms with Gasteiger partial charge in [0, 0.05) is 30.4 Å². The Labute approximate surface area is 127 Å². The Morgan fingerprint density at radius 1 is 1.14 bits per heavy atom. The molecule has 1 aromatic heterocycles. The van der Waals surface area contributed by atoms with Gasteiger partial charge in [-0.2, -0.15) is 0 Å². The monoisotopic (exact) mass is 281 g/mol. The van der Waals surface area contributed by atoms with E-state index in [4.69, 9.17) is 4.98 Å². The Kier molecular flexibility index (Phi) is 4.02. The van der Waals surface area contributed by atoms with Gasteiger partial charge in [0.15, 0.2) is 0 Å². The molecule has 1 aliphatic rings. The normalized spacial score (nSPS) is 19.7. The molecule has 2 heterocycles. The molecule has 0 amide bonds. The molecule has 3 nitrogen and oxygen atoms in total. The molecule has 0 N–H and O–H groups in total. The van der Waals surface area contributed by atoms with Gasteiger partial charge in [-0.1, -0.05) is 18.2 Å². The molecule has 0 unspecified atom stereocenters. The number of benzene rings is 1. The average Bonchev–Trinajstić information content (AvgIpc) is 2.50. The molecule has 1 atom stereocenters. The molecule has 110 valence electrons. The molecule has 1 aliphatic heterocycles. The SMILES string of the molecule is Cc1cccc(-c2nccnc2[C@@H]2CCCN(C)C2)c1C. The number of rotatable bonds is 2. The topological polar surface area (TPSA) is 29.0 Å². The van der Waals surface area contributed by atoms with Gasteiger partial charge in [0.25, 0.3) is 0 Å². The van der Waals surface area contributed by atoms with Crippen LogP contribution >= 0.6 is 0 Å². The summed E-state index contributed by atoms with van der Waals surface area (Å²) in [5.74, 6) is 0.493. The number of piperidine rings is 1. The molecule has 0 bridgehead atoms. The van der Waals surface area contributed by atoms with E-state index in [1.54, 1.807) is 0 Å². The van der Waals surface area contributed by atoms with E-state index < -0.39 is 0 Å². The summed E-state index contributed by atoms with van der Waals surface area (Å²) in [6.07, 6.45) is 6.09. The highest BCUT2D eigenvalue weighted by Crippen LogP contribution is 2.33. The third kappa shape index (κ3) is 2.84. The zero-order valence-electron chi connectivity index (χ0n) is 13.1. The van der Waals surface area contributed by atoms with E-state index in [2.05, 4.69) is 49.0 Å². The Morgan fingerprint density at radius 3 is 2.76 bits per heavy atom. The molecular weight excluding hydrogens is 258 g/mol. The summed E-state index contributed by atoms with van der Waals surface area (Å²) < 4.78 is 0. The van der Waals surface area contributed by atoms with Crippen molar-refractivity contribution >= 4 is 0 Å². The van der Waals surface area contributed by atoms with Gasteiger partial charge in [-0.25, -0.2) is 0 Å². The smallest absolute Gasteiger partial charge is 0.0923 e. The van der Waals surface area contributed by atoms with Crippen LogP contribution in [0.15, 0.2) is 30.6 Å². The first kappa shape index (κ1) is 14.2. The third-order valence-electron chi connectivity index (χ3n) is 4.60. The van der Waals surface area contributed by atoms with Gasteiger partial charge in [-0.05, 0) is 51.4 Å². The number of hydrogen-bond acceptors (Lipinski definition) is 3. The Bertz CT molecular complexity index is 636. The maximum atomic E-state index is 4.69. The average molecular weight is 281 g/mol. The fourth-order valence-corrected chi connectivity index (χ4v) is 3.25. The van der Waals surface area contributed by atoms with Crippen LogP contribution in [-0.2, 0) is 0 Å². The predicted octanol–water partition coefficient (Wildman–Crippen LogP) is 3.57. The van der Waals surface area contributed by atoms with E-state index in [0.29, 0.717) is 5.92 Å². The van der Waals surface area contributed by atoms with Crippen LogP contribution in [0.25, 0.3) is 11.3 Å². The second kappa shape index (κ2) is 5.94. The van der Waals surface area contributed by atoms with Gasteiger partial charge in [0.1, 0.15) is 0 Å². The van der Waals surface area contributed by atoms with E-state index in [-0.39, 0.29) is 0 Å². The number of hydrogen-bond donors (Lipinski definition) is 0. The molecule has 1 fully saturated rings. The van der Waals surface area contributed by atoms with Crippen molar-refractivity contribution in [2.24, 2.45) is 0 Å². The minimum Gasteiger partial charge on any atom is -0.306 e. The predicted molar refractivity (Wildman–Crippen MR) is 86.4 cm³/mol. The Balaban J connectivity index is 2.05. The van der Waals surface area contributed by atoms with Crippen molar-refractivity contribution in [1.29, 1.82) is 0 Å². The van der Waals surface area contributed by atoms with Crippen LogP contribution in [0.2, 0.25) is 0 Å². The first-order valence-electron chi connectivity index (χ1n) is 7.73. The molecule has 0 saturated carbocycles. The van der Waals surface area contributed by atoms with Crippen molar-refractivity contribution in [3.05, 3.63) is 47.4 Å². The largest absolute Gasteiger partial charge is 0.306 e. The summed E-state index contributed by atoms with van der Waals surface area (Å²) in [6, 6.07) is 6.44. The Morgan fingerprint density at radius 2 is 1.95 bits per heavy atom. The van der Waals surface area contributed by atoms with Crippen LogP contribution in [0.3, 0.4) is 0 Å². The van der Waals surface area contributed by atoms with Crippen LogP contribution < -0.4 is 0 Å². The lowest BCUT2D eigenvalue weighted by atomic mass is 9.90. The number of aromatic nitrogens is 2. The van der Waals surface area contributed by atoms with Gasteiger partial charge >= 0.3 is 0 Å². The highest BCUT2D eigenvalue weighted by Gasteiger charge is 2.24. The fourth-order valence-electron chi connectivity index (χ4n) is 3.25. The standard InChI is InChI=1S/C18H23N3/c1-13-6-4-8-16(14(13)2)18-17(19-9-10-20-18)15-7-5-11-21(3)12-15/h4,6,8-10,15H,5,7,11-12H2,1-3H3/t15-/m1/s1. The summed E-state index contributed by atoms with van der Waals surface area (Å²) in [6.45, 7) is 6.60. The van der Waals surface area contributed by atoms with Crippen LogP contribution in [0.1, 0.15) is 35.6 Å². The van der Waals surface area contributed by atoms with Crippen molar-refractivity contribution in [3.63, 3.8) is 0 Å². The summed E-state index contributed by atoms with van der Waals surface area (Å²) in [7, 11) is 2.19. The van der Waals surface area contributed by atoms with E-state index >= 15 is 0 Å². The molecule has 1 aromatic carbocycles. The molecule has 0 spiro atoms. The quantitative estimate of drug-likeness (QED) is 0.842. The lowest BCUT2D eigenvalue weighted by molar-refractivity contribution is 0.248. The molecule has 3 heteroatoms. The van der Waals surface area contributed by atoms with Crippen molar-refractivity contribution in [2.45, 2.75) is 32.6 Å². The summed E-state index contributed by atoms with van der Waals surface area (Å²) in [4.78, 5) is 11.8. The maximum Gasteiger partial charge on any atom is 0.0923 e. The molecule has 0 radical (unpaired) electrons. The van der Waals surface area contributed by atoms with Crippen LogP contribution in [0.5, 0.6) is 0 Å². The van der Waals surface area contributed by atoms with E-state index in [1.807, 2.05) is 12.4 Å². The number of likely N-dealkylation sites (N-methyl/N-ethyl adjacent to an activating group) is 1. The summed E-state index contributed by atoms with van der Waals surface area (Å²) in [5, 5.41) is 0. The second-order valence-corrected chi connectivity index (χ2v) is 6.14. The highest BCUT2D eigenvalue weighted by molar-refractivity contribution is 5.67. The maximum absolute atomic E-state index is 4.69. The van der Waals surface area contributed by atoms with Gasteiger partial charge in [-0.15, -0.1) is 0 Å². The van der Waals surface area contributed by atoms with Crippen molar-refractivity contribution in [1.82, 2.24) is 14.9 Å². The lowest BCUT2D eigenvalue weighted by Crippen LogP contribution is -2.31. The second-order valence-electron chi connectivity index (χ2n) is 6.14. The molecular formula is C18H23N3. The molecule has 0 aliphatic carbocycles. The van der Waals surface area contributed by atoms with Gasteiger partial charge < -0.3 is 4.90 Å². The summed E-state index contributed by atoms with van der Waals surface area (Å²) in [5.41, 5.74) is 6.08. The first-order chi connectivity index (χ1) is 10.2. The van der Waals surface area contributed by atoms with Crippen molar-refractivity contribution in [3.8, 4) is 11.3 Å². The van der Waals surface area contributed by atoms with Crippen LogP contribution in [0.4, 0.5) is 0 Å². The minimum absolute atomic E-state index is 0.493. The molecule has 21 heavy (non-hydrogen) atoms. The van der Waals surface area contributed by atoms with E-state index in [9.17, 15) is 0 Å². The van der Waals surface area contributed by atoms with Gasteiger partial charge in [-0.3, -0.25) is 9.97 Å². The van der Waals surface area contributed by atoms with E-state index in [1.165, 1.54) is 36.1 Å². The number of aryl methyl sites for hydroxylation is 1. The zero-order valence-corrected chi connectivity index (χ0v) is 13.1. The molecule has 1 saturated heterocycles. The minimum atomic E-state index is 0.493. The summed E-state index contributed by atoms with van der Waals surface area (Å²) >= 11 is 0. The van der Waals surface area contributed by atoms with E-state index in [0.717, 1.165) is 17.9 Å². The van der Waals surface area contributed by atoms with Gasteiger partial charge in [0.05, 0.1) is 11.4 Å². The lowest BCUT2D eigenvalue weighted by Gasteiger charge is -2.30. The van der Waals surface area contributed by atoms with Gasteiger partial charge in [0.2, 0.25) is 0 Å². The Hall–Kier alpha value is -1.74. The molecule has 3 rings (SSSR count). The van der Waals surface area contributed by atoms with Crippen molar-refractivity contribution in [2.75, 3.05) is 20.1 Å². The number of nitrogens with zero attached hydrogens (tertiary/aromatic N) is 3. The van der Waals surface area contributed by atoms with Crippen LogP contribution in [-0.4, -0.2) is 35.0 Å². The highest BCUT2D eigenvalue weighted by atomic mass is 15.1. The zero-order chi connectivity index (χ0) is 14.8. The van der Waals surface area contributed by atoms with Crippen LogP contribution in [0, 0.1) is 13.8 Å². The molecule has 2 aromatic rings. The first-order valence-corrected chi connectivity index (χ1v) is 7.73. The fraction of sp³-hybridized carbons (Fsp3) is 0.444.